The summed E-state index contributed by atoms with van der Waals surface area (Å²) in [6.45, 7) is 4.55. The first kappa shape index (κ1) is 16.0. The maximum atomic E-state index is 5.57. The van der Waals surface area contributed by atoms with Crippen LogP contribution in [0, 0.1) is 0 Å². The maximum Gasteiger partial charge on any atom is 0.315 e. The Labute approximate surface area is 140 Å². The van der Waals surface area contributed by atoms with Crippen LogP contribution in [0.15, 0.2) is 47.1 Å². The number of aromatic nitrogens is 3. The molecule has 0 spiro atoms. The van der Waals surface area contributed by atoms with E-state index in [0.29, 0.717) is 18.5 Å². The van der Waals surface area contributed by atoms with Gasteiger partial charge >= 0.3 is 6.01 Å². The molecule has 0 amide bonds. The van der Waals surface area contributed by atoms with E-state index >= 15 is 0 Å². The summed E-state index contributed by atoms with van der Waals surface area (Å²) in [4.78, 5) is 4.05. The Morgan fingerprint density at radius 3 is 2.54 bits per heavy atom. The Morgan fingerprint density at radius 1 is 1.08 bits per heavy atom. The molecule has 0 bridgehead atoms. The molecule has 2 aromatic heterocycles. The monoisotopic (exact) mass is 324 g/mol. The predicted molar refractivity (Wildman–Crippen MR) is 91.9 cm³/mol. The minimum absolute atomic E-state index is 0.206. The molecule has 124 valence electrons. The molecule has 0 aliphatic rings. The molecule has 0 unspecified atom stereocenters. The highest BCUT2D eigenvalue weighted by Gasteiger charge is 2.11. The van der Waals surface area contributed by atoms with E-state index in [2.05, 4.69) is 26.6 Å². The second kappa shape index (κ2) is 7.12. The van der Waals surface area contributed by atoms with Gasteiger partial charge in [0, 0.05) is 30.4 Å². The summed E-state index contributed by atoms with van der Waals surface area (Å²) in [5.74, 6) is 1.64. The van der Waals surface area contributed by atoms with Crippen LogP contribution >= 0.6 is 0 Å². The summed E-state index contributed by atoms with van der Waals surface area (Å²) in [6.07, 6.45) is 3.56. The molecule has 1 N–H and O–H groups in total. The van der Waals surface area contributed by atoms with E-state index in [1.54, 1.807) is 19.5 Å². The fourth-order valence-electron chi connectivity index (χ4n) is 2.35. The van der Waals surface area contributed by atoms with Crippen molar-refractivity contribution >= 4 is 6.01 Å². The molecule has 3 aromatic rings. The Bertz CT molecular complexity index is 800. The van der Waals surface area contributed by atoms with E-state index in [1.165, 1.54) is 0 Å². The number of hydrogen-bond acceptors (Lipinski definition) is 6. The van der Waals surface area contributed by atoms with E-state index in [4.69, 9.17) is 9.15 Å². The molecule has 6 heteroatoms. The number of benzene rings is 1. The van der Waals surface area contributed by atoms with Gasteiger partial charge in [-0.15, -0.1) is 5.10 Å². The standard InChI is InChI=1S/C18H20N4O2/c1-12(2)17-21-22-18(24-17)20-11-15-10-14(4-5-16(15)23-3)13-6-8-19-9-7-13/h4-10,12H,11H2,1-3H3,(H,20,22). The SMILES string of the molecule is COc1ccc(-c2ccncc2)cc1CNc1nnc(C(C)C)o1. The van der Waals surface area contributed by atoms with Crippen LogP contribution in [0.25, 0.3) is 11.1 Å². The minimum atomic E-state index is 0.206. The highest BCUT2D eigenvalue weighted by Crippen LogP contribution is 2.27. The highest BCUT2D eigenvalue weighted by molar-refractivity contribution is 5.65. The van der Waals surface area contributed by atoms with Crippen LogP contribution in [0.3, 0.4) is 0 Å². The average Bonchev–Trinajstić information content (AvgIpc) is 3.10. The second-order valence-electron chi connectivity index (χ2n) is 5.72. The van der Waals surface area contributed by atoms with Crippen molar-refractivity contribution in [1.82, 2.24) is 15.2 Å². The summed E-state index contributed by atoms with van der Waals surface area (Å²) in [6, 6.07) is 10.4. The van der Waals surface area contributed by atoms with Crippen molar-refractivity contribution in [1.29, 1.82) is 0 Å². The van der Waals surface area contributed by atoms with Crippen molar-refractivity contribution in [2.45, 2.75) is 26.3 Å². The van der Waals surface area contributed by atoms with Crippen molar-refractivity contribution in [2.24, 2.45) is 0 Å². The Balaban J connectivity index is 1.80. The van der Waals surface area contributed by atoms with Gasteiger partial charge in [-0.25, -0.2) is 0 Å². The lowest BCUT2D eigenvalue weighted by Gasteiger charge is -2.11. The zero-order valence-electron chi connectivity index (χ0n) is 14.0. The smallest absolute Gasteiger partial charge is 0.315 e. The fraction of sp³-hybridized carbons (Fsp3) is 0.278. The normalized spacial score (nSPS) is 10.8. The molecule has 0 saturated carbocycles. The molecular weight excluding hydrogens is 304 g/mol. The number of methoxy groups -OCH3 is 1. The topological polar surface area (TPSA) is 73.1 Å². The van der Waals surface area contributed by atoms with Crippen LogP contribution in [-0.4, -0.2) is 22.3 Å². The van der Waals surface area contributed by atoms with Crippen molar-refractivity contribution in [3.8, 4) is 16.9 Å². The van der Waals surface area contributed by atoms with E-state index in [9.17, 15) is 0 Å². The van der Waals surface area contributed by atoms with Gasteiger partial charge < -0.3 is 14.5 Å². The van der Waals surface area contributed by atoms with Crippen LogP contribution < -0.4 is 10.1 Å². The molecule has 1 aromatic carbocycles. The molecule has 0 aliphatic carbocycles. The van der Waals surface area contributed by atoms with Crippen molar-refractivity contribution in [2.75, 3.05) is 12.4 Å². The molecule has 0 saturated heterocycles. The molecule has 0 fully saturated rings. The van der Waals surface area contributed by atoms with Gasteiger partial charge in [-0.1, -0.05) is 25.0 Å². The first-order valence-electron chi connectivity index (χ1n) is 7.82. The van der Waals surface area contributed by atoms with Crippen LogP contribution in [0.2, 0.25) is 0 Å². The molecule has 3 rings (SSSR count). The highest BCUT2D eigenvalue weighted by atomic mass is 16.5. The number of ether oxygens (including phenoxy) is 1. The Kier molecular flexibility index (Phi) is 4.74. The van der Waals surface area contributed by atoms with Gasteiger partial charge in [-0.05, 0) is 35.4 Å². The number of hydrogen-bond donors (Lipinski definition) is 1. The second-order valence-corrected chi connectivity index (χ2v) is 5.72. The number of rotatable bonds is 6. The Hall–Kier alpha value is -2.89. The summed E-state index contributed by atoms with van der Waals surface area (Å²) in [5, 5.41) is 11.2. The lowest BCUT2D eigenvalue weighted by Crippen LogP contribution is -2.02. The molecule has 24 heavy (non-hydrogen) atoms. The van der Waals surface area contributed by atoms with Crippen LogP contribution in [0.5, 0.6) is 5.75 Å². The van der Waals surface area contributed by atoms with E-state index in [0.717, 1.165) is 22.4 Å². The zero-order valence-corrected chi connectivity index (χ0v) is 14.0. The van der Waals surface area contributed by atoms with E-state index in [1.807, 2.05) is 38.1 Å². The summed E-state index contributed by atoms with van der Waals surface area (Å²) in [5.41, 5.74) is 3.22. The lowest BCUT2D eigenvalue weighted by atomic mass is 10.0. The molecular formula is C18H20N4O2. The van der Waals surface area contributed by atoms with Gasteiger partial charge in [0.15, 0.2) is 0 Å². The van der Waals surface area contributed by atoms with E-state index < -0.39 is 0 Å². The summed E-state index contributed by atoms with van der Waals surface area (Å²) < 4.78 is 11.0. The van der Waals surface area contributed by atoms with Crippen LogP contribution in [0.1, 0.15) is 31.2 Å². The molecule has 6 nitrogen and oxygen atoms in total. The van der Waals surface area contributed by atoms with Gasteiger partial charge in [0.05, 0.1) is 7.11 Å². The van der Waals surface area contributed by atoms with Gasteiger partial charge in [-0.2, -0.15) is 0 Å². The summed E-state index contributed by atoms with van der Waals surface area (Å²) in [7, 11) is 1.66. The number of nitrogens with one attached hydrogen (secondary N) is 1. The molecule has 2 heterocycles. The third-order valence-corrected chi connectivity index (χ3v) is 3.66. The minimum Gasteiger partial charge on any atom is -0.496 e. The Morgan fingerprint density at radius 2 is 1.88 bits per heavy atom. The maximum absolute atomic E-state index is 5.57. The van der Waals surface area contributed by atoms with Crippen molar-refractivity contribution < 1.29 is 9.15 Å². The predicted octanol–water partition coefficient (Wildman–Crippen LogP) is 3.88. The first-order chi connectivity index (χ1) is 11.7. The van der Waals surface area contributed by atoms with Crippen LogP contribution in [-0.2, 0) is 6.54 Å². The van der Waals surface area contributed by atoms with E-state index in [-0.39, 0.29) is 5.92 Å². The number of nitrogens with zero attached hydrogens (tertiary/aromatic N) is 3. The molecule has 0 radical (unpaired) electrons. The van der Waals surface area contributed by atoms with Gasteiger partial charge in [0.25, 0.3) is 0 Å². The average molecular weight is 324 g/mol. The quantitative estimate of drug-likeness (QED) is 0.742. The van der Waals surface area contributed by atoms with Gasteiger partial charge in [0.1, 0.15) is 5.75 Å². The number of anilines is 1. The number of pyridine rings is 1. The van der Waals surface area contributed by atoms with Crippen LogP contribution in [0.4, 0.5) is 6.01 Å². The third kappa shape index (κ3) is 3.53. The molecule has 0 aliphatic heterocycles. The van der Waals surface area contributed by atoms with Gasteiger partial charge in [-0.3, -0.25) is 4.98 Å². The fourth-order valence-corrected chi connectivity index (χ4v) is 2.35. The third-order valence-electron chi connectivity index (χ3n) is 3.66. The van der Waals surface area contributed by atoms with Gasteiger partial charge in [0.2, 0.25) is 5.89 Å². The van der Waals surface area contributed by atoms with Crippen molar-refractivity contribution in [3.05, 3.63) is 54.2 Å². The lowest BCUT2D eigenvalue weighted by molar-refractivity contribution is 0.410. The summed E-state index contributed by atoms with van der Waals surface area (Å²) >= 11 is 0. The zero-order chi connectivity index (χ0) is 16.9. The molecule has 0 atom stereocenters. The first-order valence-corrected chi connectivity index (χ1v) is 7.82. The largest absolute Gasteiger partial charge is 0.496 e. The van der Waals surface area contributed by atoms with Crippen molar-refractivity contribution in [3.63, 3.8) is 0 Å².